The van der Waals surface area contributed by atoms with Crippen molar-refractivity contribution in [3.05, 3.63) is 24.0 Å². The molecular formula is C22H35N4O4S+. The Labute approximate surface area is 186 Å². The van der Waals surface area contributed by atoms with Gasteiger partial charge in [0.05, 0.1) is 11.0 Å². The Kier molecular flexibility index (Phi) is 10.3. The van der Waals surface area contributed by atoms with Crippen LogP contribution in [0.1, 0.15) is 57.7 Å². The molecule has 1 aromatic carbocycles. The molecule has 8 nitrogen and oxygen atoms in total. The number of hydrogen-bond acceptors (Lipinski definition) is 5. The third-order valence-electron chi connectivity index (χ3n) is 5.39. The molecule has 9 heteroatoms. The normalized spacial score (nSPS) is 13.2. The summed E-state index contributed by atoms with van der Waals surface area (Å²) in [5.41, 5.74) is 3.96. The Morgan fingerprint density at radius 2 is 1.84 bits per heavy atom. The molecule has 0 radical (unpaired) electrons. The number of hydroxylamine groups is 1. The number of aryl methyl sites for hydroxylation is 2. The molecule has 0 saturated carbocycles. The number of carbonyl (C=O) groups is 2. The van der Waals surface area contributed by atoms with Crippen molar-refractivity contribution >= 4 is 39.4 Å². The number of aliphatic hydroxyl groups excluding tert-OH is 1. The van der Waals surface area contributed by atoms with Crippen LogP contribution in [0.4, 0.5) is 5.69 Å². The maximum absolute atomic E-state index is 12.2. The van der Waals surface area contributed by atoms with Gasteiger partial charge in [-0.15, -0.1) is 0 Å². The molecule has 4 N–H and O–H groups in total. The van der Waals surface area contributed by atoms with Crippen molar-refractivity contribution in [2.45, 2.75) is 63.7 Å². The van der Waals surface area contributed by atoms with Crippen molar-refractivity contribution in [1.82, 2.24) is 15.0 Å². The SMILES string of the molecule is C[C@@H](O)[S+](C)CCCC(=O)Nc1ccc2c(c1)nc(CCCCCCC(=O)NO)n2C. The fourth-order valence-electron chi connectivity index (χ4n) is 3.38. The van der Waals surface area contributed by atoms with Crippen LogP contribution in [-0.2, 0) is 34.0 Å². The molecule has 2 rings (SSSR count). The number of benzene rings is 1. The minimum Gasteiger partial charge on any atom is -0.350 e. The summed E-state index contributed by atoms with van der Waals surface area (Å²) in [4.78, 5) is 28.0. The summed E-state index contributed by atoms with van der Waals surface area (Å²) in [7, 11) is 1.92. The number of rotatable bonds is 13. The average Bonchev–Trinajstić information content (AvgIpc) is 3.04. The van der Waals surface area contributed by atoms with Gasteiger partial charge in [-0.3, -0.25) is 14.8 Å². The highest BCUT2D eigenvalue weighted by molar-refractivity contribution is 7.96. The Morgan fingerprint density at radius 1 is 1.13 bits per heavy atom. The molecule has 0 saturated heterocycles. The second-order valence-electron chi connectivity index (χ2n) is 7.89. The lowest BCUT2D eigenvalue weighted by molar-refractivity contribution is -0.129. The number of unbranched alkanes of at least 4 members (excludes halogenated alkanes) is 3. The maximum atomic E-state index is 12.2. The topological polar surface area (TPSA) is 116 Å². The first-order valence-electron chi connectivity index (χ1n) is 10.8. The van der Waals surface area contributed by atoms with E-state index in [1.54, 1.807) is 12.4 Å². The van der Waals surface area contributed by atoms with Gasteiger partial charge < -0.3 is 15.0 Å². The predicted octanol–water partition coefficient (Wildman–Crippen LogP) is 2.88. The minimum atomic E-state index is -0.340. The van der Waals surface area contributed by atoms with Crippen molar-refractivity contribution in [3.8, 4) is 0 Å². The Hall–Kier alpha value is -2.10. The number of nitrogens with zero attached hydrogens (tertiary/aromatic N) is 2. The molecule has 0 bridgehead atoms. The summed E-state index contributed by atoms with van der Waals surface area (Å²) < 4.78 is 2.08. The van der Waals surface area contributed by atoms with E-state index >= 15 is 0 Å². The fraction of sp³-hybridized carbons (Fsp3) is 0.591. The smallest absolute Gasteiger partial charge is 0.243 e. The van der Waals surface area contributed by atoms with E-state index in [0.29, 0.717) is 12.8 Å². The maximum Gasteiger partial charge on any atom is 0.243 e. The largest absolute Gasteiger partial charge is 0.350 e. The Bertz CT molecular complexity index is 869. The summed E-state index contributed by atoms with van der Waals surface area (Å²) in [5, 5.41) is 21.0. The molecule has 1 aromatic heterocycles. The van der Waals surface area contributed by atoms with Gasteiger partial charge in [0.25, 0.3) is 0 Å². The summed E-state index contributed by atoms with van der Waals surface area (Å²) in [6, 6.07) is 5.79. The Morgan fingerprint density at radius 3 is 2.55 bits per heavy atom. The molecule has 1 unspecified atom stereocenters. The predicted molar refractivity (Wildman–Crippen MR) is 125 cm³/mol. The van der Waals surface area contributed by atoms with Crippen LogP contribution in [0, 0.1) is 0 Å². The lowest BCUT2D eigenvalue weighted by Gasteiger charge is -2.07. The number of aliphatic hydroxyl groups is 1. The minimum absolute atomic E-state index is 0.0204. The van der Waals surface area contributed by atoms with Gasteiger partial charge in [-0.1, -0.05) is 12.8 Å². The van der Waals surface area contributed by atoms with Crippen LogP contribution in [0.5, 0.6) is 0 Å². The first kappa shape index (κ1) is 25.2. The molecule has 0 spiro atoms. The molecule has 2 aromatic rings. The molecule has 172 valence electrons. The van der Waals surface area contributed by atoms with E-state index in [1.165, 1.54) is 0 Å². The monoisotopic (exact) mass is 451 g/mol. The number of amides is 2. The highest BCUT2D eigenvalue weighted by atomic mass is 32.2. The Balaban J connectivity index is 1.83. The van der Waals surface area contributed by atoms with Crippen LogP contribution in [0.3, 0.4) is 0 Å². The highest BCUT2D eigenvalue weighted by Gasteiger charge is 2.18. The first-order chi connectivity index (χ1) is 14.8. The second kappa shape index (κ2) is 12.7. The third-order valence-corrected chi connectivity index (χ3v) is 7.49. The van der Waals surface area contributed by atoms with E-state index in [0.717, 1.165) is 66.8 Å². The molecule has 2 atom stereocenters. The van der Waals surface area contributed by atoms with Crippen molar-refractivity contribution < 1.29 is 19.9 Å². The fourth-order valence-corrected chi connectivity index (χ4v) is 4.32. The average molecular weight is 452 g/mol. The van der Waals surface area contributed by atoms with Crippen molar-refractivity contribution in [2.75, 3.05) is 17.3 Å². The lowest BCUT2D eigenvalue weighted by Crippen LogP contribution is -2.20. The summed E-state index contributed by atoms with van der Waals surface area (Å²) in [6.45, 7) is 1.79. The van der Waals surface area contributed by atoms with Gasteiger partial charge in [0.1, 0.15) is 17.8 Å². The van der Waals surface area contributed by atoms with Gasteiger partial charge in [0.15, 0.2) is 0 Å². The molecule has 0 fully saturated rings. The van der Waals surface area contributed by atoms with E-state index in [-0.39, 0.29) is 28.1 Å². The number of imidazole rings is 1. The number of hydrogen-bond donors (Lipinski definition) is 4. The van der Waals surface area contributed by atoms with E-state index < -0.39 is 0 Å². The lowest BCUT2D eigenvalue weighted by atomic mass is 10.1. The molecule has 0 aliphatic carbocycles. The standard InChI is InChI=1S/C22H34N4O4S/c1-16(27)31(3)14-8-11-21(28)23-17-12-13-19-18(15-17)24-20(26(19)2)9-6-4-5-7-10-22(29)25-30/h12-13,15-16,27H,4-11,14H2,1-3H3,(H2-,23,25,28,29,30)/p+1/t16-,31?/m0/s1. The summed E-state index contributed by atoms with van der Waals surface area (Å²) >= 11 is 0. The van der Waals surface area contributed by atoms with Crippen LogP contribution in [-0.4, -0.2) is 49.1 Å². The van der Waals surface area contributed by atoms with Crippen molar-refractivity contribution in [3.63, 3.8) is 0 Å². The molecule has 0 aliphatic rings. The van der Waals surface area contributed by atoms with E-state index in [2.05, 4.69) is 9.88 Å². The second-order valence-corrected chi connectivity index (χ2v) is 10.4. The van der Waals surface area contributed by atoms with Crippen molar-refractivity contribution in [2.24, 2.45) is 7.05 Å². The van der Waals surface area contributed by atoms with Crippen LogP contribution in [0.15, 0.2) is 18.2 Å². The molecule has 2 amide bonds. The van der Waals surface area contributed by atoms with Gasteiger partial charge >= 0.3 is 0 Å². The van der Waals surface area contributed by atoms with Gasteiger partial charge in [0, 0.05) is 56.2 Å². The zero-order chi connectivity index (χ0) is 22.8. The highest BCUT2D eigenvalue weighted by Crippen LogP contribution is 2.21. The van der Waals surface area contributed by atoms with Gasteiger partial charge in [-0.25, -0.2) is 10.5 Å². The number of nitrogens with one attached hydrogen (secondary N) is 2. The summed E-state index contributed by atoms with van der Waals surface area (Å²) in [5.74, 6) is 1.49. The number of aromatic nitrogens is 2. The summed E-state index contributed by atoms with van der Waals surface area (Å²) in [6.07, 6.45) is 8.08. The molecular weight excluding hydrogens is 416 g/mol. The molecule has 31 heavy (non-hydrogen) atoms. The zero-order valence-corrected chi connectivity index (χ0v) is 19.5. The first-order valence-corrected chi connectivity index (χ1v) is 12.7. The van der Waals surface area contributed by atoms with Crippen molar-refractivity contribution in [1.29, 1.82) is 0 Å². The third kappa shape index (κ3) is 8.16. The molecule has 1 heterocycles. The number of anilines is 1. The van der Waals surface area contributed by atoms with Crippen LogP contribution < -0.4 is 10.8 Å². The quantitative estimate of drug-likeness (QED) is 0.162. The van der Waals surface area contributed by atoms with E-state index in [1.807, 2.05) is 31.5 Å². The van der Waals surface area contributed by atoms with Crippen LogP contribution in [0.2, 0.25) is 0 Å². The van der Waals surface area contributed by atoms with Gasteiger partial charge in [-0.2, -0.15) is 0 Å². The zero-order valence-electron chi connectivity index (χ0n) is 18.7. The number of carbonyl (C=O) groups excluding carboxylic acids is 2. The molecule has 0 aliphatic heterocycles. The van der Waals surface area contributed by atoms with E-state index in [9.17, 15) is 14.7 Å². The van der Waals surface area contributed by atoms with E-state index in [4.69, 9.17) is 10.2 Å². The van der Waals surface area contributed by atoms with Gasteiger partial charge in [-0.05, 0) is 31.0 Å². The van der Waals surface area contributed by atoms with Gasteiger partial charge in [0.2, 0.25) is 17.3 Å². The number of fused-ring (bicyclic) bond motifs is 1. The van der Waals surface area contributed by atoms with Crippen LogP contribution >= 0.6 is 0 Å². The van der Waals surface area contributed by atoms with Crippen LogP contribution in [0.25, 0.3) is 11.0 Å².